The summed E-state index contributed by atoms with van der Waals surface area (Å²) in [7, 11) is -3.81. The smallest absolute Gasteiger partial charge is 0.263 e. The minimum atomic E-state index is -3.81. The fraction of sp³-hybridized carbons (Fsp3) is 0.259. The number of sulfonamides is 1. The van der Waals surface area contributed by atoms with E-state index in [4.69, 9.17) is 21.1 Å². The van der Waals surface area contributed by atoms with Crippen LogP contribution in [-0.4, -0.2) is 24.5 Å². The number of hydrogen-bond acceptors (Lipinski definition) is 7. The Morgan fingerprint density at radius 3 is 2.68 bits per heavy atom. The third kappa shape index (κ3) is 5.22. The summed E-state index contributed by atoms with van der Waals surface area (Å²) >= 11 is 7.66. The predicted octanol–water partition coefficient (Wildman–Crippen LogP) is 6.41. The summed E-state index contributed by atoms with van der Waals surface area (Å²) in [6.45, 7) is 0.161. The monoisotopic (exact) mass is 553 g/mol. The fourth-order valence-corrected chi connectivity index (χ4v) is 6.26. The van der Waals surface area contributed by atoms with Crippen molar-refractivity contribution in [1.82, 2.24) is 9.97 Å². The SMILES string of the molecule is O=S(=O)(Nc1nccs1)c1ccc(Cl)c(COC2(c3cnccc3-c3ccccc3OC3CC3)CC2)c1. The standard InChI is InChI=1S/C27H24ClN3O4S2/c28-24-8-7-20(37(32,33)31-26-30-13-14-36-26)15-18(24)17-34-27(10-11-27)23-16-29-12-9-21(23)22-3-1-2-4-25(22)35-19-5-6-19/h1-4,7-9,12-16,19H,5-6,10-11,17H2,(H,30,31). The Bertz CT molecular complexity index is 1540. The lowest BCUT2D eigenvalue weighted by molar-refractivity contribution is 0.0173. The molecule has 2 aliphatic carbocycles. The molecule has 2 aliphatic rings. The summed E-state index contributed by atoms with van der Waals surface area (Å²) in [5.74, 6) is 0.863. The molecule has 6 rings (SSSR count). The van der Waals surface area contributed by atoms with Crippen molar-refractivity contribution >= 4 is 38.1 Å². The van der Waals surface area contributed by atoms with Crippen molar-refractivity contribution in [2.75, 3.05) is 4.72 Å². The number of aromatic nitrogens is 2. The highest BCUT2D eigenvalue weighted by Crippen LogP contribution is 2.53. The molecule has 0 amide bonds. The molecule has 37 heavy (non-hydrogen) atoms. The zero-order valence-electron chi connectivity index (χ0n) is 19.8. The quantitative estimate of drug-likeness (QED) is 0.244. The van der Waals surface area contributed by atoms with Gasteiger partial charge in [-0.3, -0.25) is 9.71 Å². The molecule has 7 nitrogen and oxygen atoms in total. The summed E-state index contributed by atoms with van der Waals surface area (Å²) in [4.78, 5) is 8.49. The van der Waals surface area contributed by atoms with E-state index in [2.05, 4.69) is 20.8 Å². The minimum Gasteiger partial charge on any atom is -0.490 e. The first-order chi connectivity index (χ1) is 17.9. The maximum Gasteiger partial charge on any atom is 0.263 e. The van der Waals surface area contributed by atoms with E-state index in [9.17, 15) is 8.42 Å². The van der Waals surface area contributed by atoms with Gasteiger partial charge >= 0.3 is 0 Å². The van der Waals surface area contributed by atoms with Crippen LogP contribution in [0.3, 0.4) is 0 Å². The number of rotatable bonds is 10. The van der Waals surface area contributed by atoms with Crippen LogP contribution in [0.25, 0.3) is 11.1 Å². The van der Waals surface area contributed by atoms with Gasteiger partial charge < -0.3 is 9.47 Å². The Kier molecular flexibility index (Phi) is 6.40. The van der Waals surface area contributed by atoms with Gasteiger partial charge in [-0.25, -0.2) is 13.4 Å². The molecule has 190 valence electrons. The van der Waals surface area contributed by atoms with E-state index in [1.165, 1.54) is 17.4 Å². The maximum atomic E-state index is 12.9. The average Bonchev–Trinajstić information content (AvgIpc) is 3.83. The summed E-state index contributed by atoms with van der Waals surface area (Å²) in [5.41, 5.74) is 3.11. The van der Waals surface area contributed by atoms with Crippen molar-refractivity contribution in [1.29, 1.82) is 0 Å². The highest BCUT2D eigenvalue weighted by Gasteiger charge is 2.47. The molecule has 2 fully saturated rings. The molecule has 0 unspecified atom stereocenters. The molecule has 1 N–H and O–H groups in total. The topological polar surface area (TPSA) is 90.4 Å². The number of nitrogens with zero attached hydrogens (tertiary/aromatic N) is 2. The third-order valence-corrected chi connectivity index (χ3v) is 9.02. The van der Waals surface area contributed by atoms with Crippen LogP contribution in [0.15, 0.2) is 77.4 Å². The Morgan fingerprint density at radius 2 is 1.92 bits per heavy atom. The normalized spacial score (nSPS) is 16.4. The van der Waals surface area contributed by atoms with E-state index in [0.29, 0.717) is 15.7 Å². The number of thiazole rings is 1. The Balaban J connectivity index is 1.26. The predicted molar refractivity (Wildman–Crippen MR) is 143 cm³/mol. The Morgan fingerprint density at radius 1 is 1.08 bits per heavy atom. The van der Waals surface area contributed by atoms with Crippen LogP contribution in [0, 0.1) is 0 Å². The molecular formula is C27H24ClN3O4S2. The van der Waals surface area contributed by atoms with Gasteiger partial charge in [-0.1, -0.05) is 29.8 Å². The first-order valence-electron chi connectivity index (χ1n) is 12.0. The highest BCUT2D eigenvalue weighted by molar-refractivity contribution is 7.93. The molecule has 0 radical (unpaired) electrons. The molecule has 0 spiro atoms. The van der Waals surface area contributed by atoms with Crippen LogP contribution < -0.4 is 9.46 Å². The van der Waals surface area contributed by atoms with Crippen molar-refractivity contribution < 1.29 is 17.9 Å². The summed E-state index contributed by atoms with van der Waals surface area (Å²) in [5, 5.41) is 2.45. The molecule has 0 bridgehead atoms. The van der Waals surface area contributed by atoms with Gasteiger partial charge in [0.15, 0.2) is 5.13 Å². The van der Waals surface area contributed by atoms with E-state index >= 15 is 0 Å². The van der Waals surface area contributed by atoms with Crippen molar-refractivity contribution in [3.63, 3.8) is 0 Å². The molecular weight excluding hydrogens is 530 g/mol. The molecule has 0 saturated heterocycles. The second-order valence-corrected chi connectivity index (χ2v) is 12.2. The van der Waals surface area contributed by atoms with Gasteiger partial charge in [-0.15, -0.1) is 11.3 Å². The van der Waals surface area contributed by atoms with Crippen LogP contribution in [0.5, 0.6) is 5.75 Å². The molecule has 10 heteroatoms. The van der Waals surface area contributed by atoms with E-state index in [1.54, 1.807) is 29.9 Å². The minimum absolute atomic E-state index is 0.101. The first kappa shape index (κ1) is 24.4. The number of halogens is 1. The average molecular weight is 554 g/mol. The molecule has 2 heterocycles. The van der Waals surface area contributed by atoms with E-state index < -0.39 is 15.6 Å². The summed E-state index contributed by atoms with van der Waals surface area (Å²) in [6, 6.07) is 14.7. The molecule has 4 aromatic rings. The van der Waals surface area contributed by atoms with Crippen LogP contribution >= 0.6 is 22.9 Å². The highest BCUT2D eigenvalue weighted by atomic mass is 35.5. The lowest BCUT2D eigenvalue weighted by Gasteiger charge is -2.22. The first-order valence-corrected chi connectivity index (χ1v) is 14.7. The van der Waals surface area contributed by atoms with E-state index in [1.807, 2.05) is 30.5 Å². The fourth-order valence-electron chi connectivity index (χ4n) is 4.25. The van der Waals surface area contributed by atoms with Gasteiger partial charge in [0.2, 0.25) is 0 Å². The lowest BCUT2D eigenvalue weighted by atomic mass is 9.96. The molecule has 0 aliphatic heterocycles. The van der Waals surface area contributed by atoms with Crippen molar-refractivity contribution in [2.24, 2.45) is 0 Å². The summed E-state index contributed by atoms with van der Waals surface area (Å²) < 4.78 is 40.9. The van der Waals surface area contributed by atoms with Crippen molar-refractivity contribution in [3.8, 4) is 16.9 Å². The second-order valence-electron chi connectivity index (χ2n) is 9.21. The molecule has 2 aromatic carbocycles. The van der Waals surface area contributed by atoms with Crippen LogP contribution in [0.4, 0.5) is 5.13 Å². The second kappa shape index (κ2) is 9.72. The van der Waals surface area contributed by atoms with Gasteiger partial charge in [0.1, 0.15) is 5.75 Å². The van der Waals surface area contributed by atoms with Gasteiger partial charge in [0.05, 0.1) is 23.2 Å². The van der Waals surface area contributed by atoms with Gasteiger partial charge in [0.25, 0.3) is 10.0 Å². The van der Waals surface area contributed by atoms with Crippen LogP contribution in [0.1, 0.15) is 36.8 Å². The van der Waals surface area contributed by atoms with Crippen LogP contribution in [-0.2, 0) is 27.0 Å². The largest absolute Gasteiger partial charge is 0.490 e. The molecule has 2 aromatic heterocycles. The maximum absolute atomic E-state index is 12.9. The summed E-state index contributed by atoms with van der Waals surface area (Å²) in [6.07, 6.45) is 9.30. The molecule has 2 saturated carbocycles. The van der Waals surface area contributed by atoms with Crippen molar-refractivity contribution in [2.45, 2.75) is 48.9 Å². The van der Waals surface area contributed by atoms with Gasteiger partial charge in [-0.05, 0) is 67.1 Å². The number of benzene rings is 2. The van der Waals surface area contributed by atoms with Gasteiger partial charge in [0, 0.05) is 40.1 Å². The number of anilines is 1. The van der Waals surface area contributed by atoms with Crippen LogP contribution in [0.2, 0.25) is 5.02 Å². The van der Waals surface area contributed by atoms with Crippen molar-refractivity contribution in [3.05, 3.63) is 88.7 Å². The molecule has 0 atom stereocenters. The van der Waals surface area contributed by atoms with E-state index in [-0.39, 0.29) is 17.6 Å². The number of hydrogen-bond donors (Lipinski definition) is 1. The van der Waals surface area contributed by atoms with E-state index in [0.717, 1.165) is 48.1 Å². The van der Waals surface area contributed by atoms with Gasteiger partial charge in [-0.2, -0.15) is 0 Å². The Hall–Kier alpha value is -2.98. The Labute approximate surface area is 224 Å². The number of ether oxygens (including phenoxy) is 2. The zero-order chi connectivity index (χ0) is 25.5. The zero-order valence-corrected chi connectivity index (χ0v) is 22.2. The lowest BCUT2D eigenvalue weighted by Crippen LogP contribution is -2.15. The third-order valence-electron chi connectivity index (χ3n) is 6.50. The number of para-hydroxylation sites is 1. The number of pyridine rings is 1. The number of nitrogens with one attached hydrogen (secondary N) is 1.